The summed E-state index contributed by atoms with van der Waals surface area (Å²) in [5, 5.41) is 7.02. The van der Waals surface area contributed by atoms with E-state index in [1.165, 1.54) is 11.0 Å². The van der Waals surface area contributed by atoms with Gasteiger partial charge in [0.25, 0.3) is 11.8 Å². The van der Waals surface area contributed by atoms with Gasteiger partial charge in [-0.05, 0) is 101 Å². The smallest absolute Gasteiger partial charge is 0.262 e. The van der Waals surface area contributed by atoms with Gasteiger partial charge in [0.15, 0.2) is 0 Å². The third-order valence-corrected chi connectivity index (χ3v) is 13.8. The van der Waals surface area contributed by atoms with Crippen molar-refractivity contribution in [1.82, 2.24) is 29.8 Å². The van der Waals surface area contributed by atoms with Crippen molar-refractivity contribution >= 4 is 52.7 Å². The largest absolute Gasteiger partial charge is 0.489 e. The Hall–Kier alpha value is -5.90. The minimum absolute atomic E-state index is 0.0317. The molecule has 7 aliphatic rings. The molecular formula is C45H50N8O8. The minimum Gasteiger partial charge on any atom is -0.489 e. The van der Waals surface area contributed by atoms with Gasteiger partial charge in [0.05, 0.1) is 48.2 Å². The summed E-state index contributed by atoms with van der Waals surface area (Å²) in [4.78, 5) is 99.0. The van der Waals surface area contributed by atoms with Crippen LogP contribution in [0.4, 0.5) is 11.4 Å². The molecule has 2 saturated carbocycles. The average molecular weight is 831 g/mol. The van der Waals surface area contributed by atoms with Crippen LogP contribution in [0.15, 0.2) is 42.7 Å². The SMILES string of the molecule is C[C@H]1CCc2c(ccc(-c3cnn(C4CCN(CC(=O)N5CCN(c6ccc7c(c6)C(=O)N(C6CCC(=O)NC6=O)C7=O)CC5=O)CC4)c3)c2OC2CCC2)N1C(=O)C1CC1. The van der Waals surface area contributed by atoms with E-state index < -0.39 is 29.7 Å². The number of aromatic nitrogens is 2. The molecule has 3 aromatic rings. The molecular weight excluding hydrogens is 781 g/mol. The second kappa shape index (κ2) is 15.5. The zero-order valence-corrected chi connectivity index (χ0v) is 34.3. The molecule has 0 bridgehead atoms. The molecule has 16 nitrogen and oxygen atoms in total. The Morgan fingerprint density at radius 1 is 0.836 bits per heavy atom. The van der Waals surface area contributed by atoms with E-state index in [0.29, 0.717) is 25.3 Å². The normalized spacial score (nSPS) is 23.9. The molecule has 61 heavy (non-hydrogen) atoms. The number of fused-ring (bicyclic) bond motifs is 2. The maximum absolute atomic E-state index is 13.5. The van der Waals surface area contributed by atoms with E-state index in [4.69, 9.17) is 9.84 Å². The van der Waals surface area contributed by atoms with Gasteiger partial charge in [-0.15, -0.1) is 0 Å². The van der Waals surface area contributed by atoms with E-state index in [1.807, 2.05) is 15.8 Å². The number of carbonyl (C=O) groups is 7. The Bertz CT molecular complexity index is 2360. The number of nitrogens with one attached hydrogen (secondary N) is 1. The molecule has 2 atom stereocenters. The van der Waals surface area contributed by atoms with E-state index >= 15 is 0 Å². The fourth-order valence-electron chi connectivity index (χ4n) is 9.79. The van der Waals surface area contributed by atoms with Crippen molar-refractivity contribution in [3.05, 3.63) is 59.4 Å². The van der Waals surface area contributed by atoms with Crippen LogP contribution in [0.2, 0.25) is 0 Å². The number of imide groups is 3. The van der Waals surface area contributed by atoms with Crippen molar-refractivity contribution in [1.29, 1.82) is 0 Å². The Labute approximate surface area is 353 Å². The van der Waals surface area contributed by atoms with Gasteiger partial charge in [-0.25, -0.2) is 0 Å². The van der Waals surface area contributed by atoms with Crippen LogP contribution in [0.1, 0.15) is 103 Å². The van der Waals surface area contributed by atoms with Crippen LogP contribution in [-0.2, 0) is 30.4 Å². The van der Waals surface area contributed by atoms with E-state index in [9.17, 15) is 33.6 Å². The molecule has 318 valence electrons. The standard InChI is InChI=1S/C45H50N8O8/c1-26-5-9-34-36(52(26)43(58)27-6-7-27)12-11-32(41(34)61-31-3-2-4-31)28-22-46-51(23-28)29-15-17-48(18-16-29)24-39(55)50-20-19-49(25-40(50)56)30-8-10-33-35(21-30)45(60)53(44(33)59)37-13-14-38(54)47-42(37)57/h8,10-12,21-23,26-27,29,31,37H,2-7,9,13-20,24-25H2,1H3,(H,47,54,57)/t26-,37?/m0/s1. The summed E-state index contributed by atoms with van der Waals surface area (Å²) in [6.07, 6.45) is 12.8. The van der Waals surface area contributed by atoms with Gasteiger partial charge in [-0.2, -0.15) is 5.10 Å². The molecule has 3 saturated heterocycles. The first-order chi connectivity index (χ1) is 29.5. The average Bonchev–Trinajstić information content (AvgIpc) is 3.92. The molecule has 6 heterocycles. The topological polar surface area (TPSA) is 175 Å². The van der Waals surface area contributed by atoms with Gasteiger partial charge in [0.1, 0.15) is 11.8 Å². The Morgan fingerprint density at radius 2 is 1.61 bits per heavy atom. The number of nitrogens with zero attached hydrogens (tertiary/aromatic N) is 7. The third kappa shape index (κ3) is 7.17. The highest BCUT2D eigenvalue weighted by molar-refractivity contribution is 6.23. The highest BCUT2D eigenvalue weighted by Crippen LogP contribution is 2.46. The maximum atomic E-state index is 13.5. The molecule has 2 aliphatic carbocycles. The van der Waals surface area contributed by atoms with Crippen LogP contribution >= 0.6 is 0 Å². The predicted octanol–water partition coefficient (Wildman–Crippen LogP) is 3.47. The summed E-state index contributed by atoms with van der Waals surface area (Å²) < 4.78 is 8.76. The molecule has 0 spiro atoms. The van der Waals surface area contributed by atoms with Crippen LogP contribution in [0.3, 0.4) is 0 Å². The zero-order chi connectivity index (χ0) is 42.1. The molecule has 0 radical (unpaired) electrons. The Balaban J connectivity index is 0.752. The molecule has 7 amide bonds. The molecule has 1 unspecified atom stereocenters. The zero-order valence-electron chi connectivity index (χ0n) is 34.3. The minimum atomic E-state index is -1.06. The van der Waals surface area contributed by atoms with Crippen LogP contribution in [0, 0.1) is 5.92 Å². The summed E-state index contributed by atoms with van der Waals surface area (Å²) in [7, 11) is 0. The van der Waals surface area contributed by atoms with Crippen LogP contribution in [-0.4, -0.2) is 123 Å². The molecule has 10 rings (SSSR count). The number of benzene rings is 2. The predicted molar refractivity (Wildman–Crippen MR) is 221 cm³/mol. The van der Waals surface area contributed by atoms with Gasteiger partial charge >= 0.3 is 0 Å². The van der Waals surface area contributed by atoms with Crippen molar-refractivity contribution in [3.63, 3.8) is 0 Å². The number of hydrogen-bond acceptors (Lipinski definition) is 11. The number of amides is 7. The summed E-state index contributed by atoms with van der Waals surface area (Å²) >= 11 is 0. The molecule has 1 aromatic heterocycles. The molecule has 16 heteroatoms. The lowest BCUT2D eigenvalue weighted by Gasteiger charge is -2.38. The number of rotatable bonds is 9. The first kappa shape index (κ1) is 39.2. The second-order valence-electron chi connectivity index (χ2n) is 17.7. The van der Waals surface area contributed by atoms with Gasteiger partial charge in [0, 0.05) is 73.1 Å². The quantitative estimate of drug-likeness (QED) is 0.313. The van der Waals surface area contributed by atoms with E-state index in [2.05, 4.69) is 35.5 Å². The third-order valence-electron chi connectivity index (χ3n) is 13.8. The van der Waals surface area contributed by atoms with Crippen molar-refractivity contribution in [2.24, 2.45) is 5.92 Å². The number of carbonyl (C=O) groups excluding carboxylic acids is 7. The summed E-state index contributed by atoms with van der Waals surface area (Å²) in [5.41, 5.74) is 4.97. The van der Waals surface area contributed by atoms with E-state index in [1.54, 1.807) is 17.0 Å². The summed E-state index contributed by atoms with van der Waals surface area (Å²) in [6, 6.07) is 8.19. The fraction of sp³-hybridized carbons (Fsp3) is 0.511. The lowest BCUT2D eigenvalue weighted by Crippen LogP contribution is -2.55. The van der Waals surface area contributed by atoms with Crippen LogP contribution in [0.5, 0.6) is 5.75 Å². The van der Waals surface area contributed by atoms with Gasteiger partial charge in [-0.1, -0.05) is 0 Å². The Morgan fingerprint density at radius 3 is 2.33 bits per heavy atom. The van der Waals surface area contributed by atoms with Gasteiger partial charge in [-0.3, -0.25) is 58.3 Å². The molecule has 1 N–H and O–H groups in total. The fourth-order valence-corrected chi connectivity index (χ4v) is 9.79. The van der Waals surface area contributed by atoms with Gasteiger partial charge in [0.2, 0.25) is 29.5 Å². The van der Waals surface area contributed by atoms with Crippen molar-refractivity contribution < 1.29 is 38.3 Å². The van der Waals surface area contributed by atoms with Crippen molar-refractivity contribution in [2.45, 2.75) is 102 Å². The Kier molecular flexibility index (Phi) is 9.99. The summed E-state index contributed by atoms with van der Waals surface area (Å²) in [6.45, 7) is 4.09. The first-order valence-electron chi connectivity index (χ1n) is 21.9. The number of anilines is 2. The molecule has 5 aliphatic heterocycles. The van der Waals surface area contributed by atoms with Crippen LogP contribution in [0.25, 0.3) is 11.1 Å². The first-order valence-corrected chi connectivity index (χ1v) is 21.9. The van der Waals surface area contributed by atoms with Gasteiger partial charge < -0.3 is 14.5 Å². The summed E-state index contributed by atoms with van der Waals surface area (Å²) in [5.74, 6) is -1.65. The monoisotopic (exact) mass is 830 g/mol. The van der Waals surface area contributed by atoms with E-state index in [-0.39, 0.29) is 85.4 Å². The van der Waals surface area contributed by atoms with Crippen molar-refractivity contribution in [3.8, 4) is 16.9 Å². The number of piperidine rings is 2. The highest BCUT2D eigenvalue weighted by Gasteiger charge is 2.45. The lowest BCUT2D eigenvalue weighted by atomic mass is 9.91. The number of hydrogen-bond donors (Lipinski definition) is 1. The van der Waals surface area contributed by atoms with E-state index in [0.717, 1.165) is 90.8 Å². The maximum Gasteiger partial charge on any atom is 0.262 e. The number of likely N-dealkylation sites (tertiary alicyclic amines) is 1. The number of piperazine rings is 1. The lowest BCUT2D eigenvalue weighted by molar-refractivity contribution is -0.146. The molecule has 5 fully saturated rings. The molecule has 2 aromatic carbocycles. The number of ether oxygens (including phenoxy) is 1. The highest BCUT2D eigenvalue weighted by atomic mass is 16.5. The van der Waals surface area contributed by atoms with Crippen molar-refractivity contribution in [2.75, 3.05) is 49.1 Å². The second-order valence-corrected chi connectivity index (χ2v) is 17.7. The van der Waals surface area contributed by atoms with Crippen LogP contribution < -0.4 is 19.9 Å².